The van der Waals surface area contributed by atoms with E-state index < -0.39 is 0 Å². The highest BCUT2D eigenvalue weighted by Crippen LogP contribution is 2.44. The molecule has 1 aliphatic rings. The molecule has 0 bridgehead atoms. The number of aliphatic hydroxyl groups is 1. The van der Waals surface area contributed by atoms with Crippen LogP contribution < -0.4 is 5.32 Å². The molecule has 17 heavy (non-hydrogen) atoms. The van der Waals surface area contributed by atoms with Crippen LogP contribution in [-0.4, -0.2) is 29.8 Å². The zero-order chi connectivity index (χ0) is 12.4. The van der Waals surface area contributed by atoms with Crippen molar-refractivity contribution in [2.75, 3.05) is 19.7 Å². The Kier molecular flexibility index (Phi) is 3.50. The molecule has 0 saturated heterocycles. The minimum Gasteiger partial charge on any atom is -0.396 e. The maximum absolute atomic E-state index is 9.25. The van der Waals surface area contributed by atoms with E-state index in [0.717, 1.165) is 25.9 Å². The Morgan fingerprint density at radius 3 is 2.76 bits per heavy atom. The third kappa shape index (κ3) is 3.05. The van der Waals surface area contributed by atoms with E-state index in [1.54, 1.807) is 6.20 Å². The van der Waals surface area contributed by atoms with Gasteiger partial charge < -0.3 is 10.4 Å². The molecule has 1 aromatic rings. The number of nitrogens with one attached hydrogen (secondary N) is 1. The number of hydrogen-bond acceptors (Lipinski definition) is 3. The van der Waals surface area contributed by atoms with Crippen LogP contribution >= 0.6 is 0 Å². The van der Waals surface area contributed by atoms with Crippen molar-refractivity contribution in [3.8, 4) is 0 Å². The van der Waals surface area contributed by atoms with Crippen LogP contribution in [0.5, 0.6) is 0 Å². The Balaban J connectivity index is 1.85. The smallest absolute Gasteiger partial charge is 0.0499 e. The van der Waals surface area contributed by atoms with Crippen molar-refractivity contribution in [1.29, 1.82) is 0 Å². The van der Waals surface area contributed by atoms with Crippen LogP contribution in [-0.2, 0) is 5.41 Å². The van der Waals surface area contributed by atoms with E-state index in [2.05, 4.69) is 30.2 Å². The van der Waals surface area contributed by atoms with E-state index in [1.807, 2.05) is 12.3 Å². The zero-order valence-corrected chi connectivity index (χ0v) is 10.7. The fourth-order valence-electron chi connectivity index (χ4n) is 2.07. The van der Waals surface area contributed by atoms with E-state index in [-0.39, 0.29) is 10.8 Å². The van der Waals surface area contributed by atoms with Crippen LogP contribution in [0.2, 0.25) is 0 Å². The van der Waals surface area contributed by atoms with Gasteiger partial charge in [0.15, 0.2) is 0 Å². The summed E-state index contributed by atoms with van der Waals surface area (Å²) in [6, 6.07) is 4.10. The Morgan fingerprint density at radius 1 is 1.47 bits per heavy atom. The molecule has 0 aliphatic heterocycles. The van der Waals surface area contributed by atoms with Crippen molar-refractivity contribution in [3.05, 3.63) is 30.1 Å². The van der Waals surface area contributed by atoms with Crippen molar-refractivity contribution in [2.45, 2.75) is 32.1 Å². The minimum absolute atomic E-state index is 0.0831. The van der Waals surface area contributed by atoms with Crippen LogP contribution in [0.25, 0.3) is 0 Å². The van der Waals surface area contributed by atoms with E-state index in [0.29, 0.717) is 6.61 Å². The Bertz CT molecular complexity index is 358. The maximum atomic E-state index is 9.25. The van der Waals surface area contributed by atoms with E-state index in [4.69, 9.17) is 0 Å². The van der Waals surface area contributed by atoms with Crippen molar-refractivity contribution in [1.82, 2.24) is 10.3 Å². The van der Waals surface area contributed by atoms with Crippen LogP contribution in [0, 0.1) is 5.41 Å². The minimum atomic E-state index is 0.0831. The monoisotopic (exact) mass is 234 g/mol. The molecule has 1 heterocycles. The highest BCUT2D eigenvalue weighted by atomic mass is 16.3. The van der Waals surface area contributed by atoms with Crippen LogP contribution in [0.15, 0.2) is 24.5 Å². The van der Waals surface area contributed by atoms with Crippen molar-refractivity contribution < 1.29 is 5.11 Å². The van der Waals surface area contributed by atoms with Gasteiger partial charge in [-0.2, -0.15) is 0 Å². The summed E-state index contributed by atoms with van der Waals surface area (Å²) in [7, 11) is 0. The predicted octanol–water partition coefficient (Wildman–Crippen LogP) is 1.72. The lowest BCUT2D eigenvalue weighted by Crippen LogP contribution is -2.37. The third-order valence-corrected chi connectivity index (χ3v) is 3.80. The molecule has 3 heteroatoms. The normalized spacial score (nSPS) is 18.1. The highest BCUT2D eigenvalue weighted by Gasteiger charge is 2.41. The molecule has 1 aromatic heterocycles. The van der Waals surface area contributed by atoms with E-state index >= 15 is 0 Å². The molecule has 0 radical (unpaired) electrons. The van der Waals surface area contributed by atoms with Crippen LogP contribution in [0.1, 0.15) is 32.3 Å². The first-order valence-corrected chi connectivity index (χ1v) is 6.30. The van der Waals surface area contributed by atoms with Gasteiger partial charge in [0.05, 0.1) is 0 Å². The lowest BCUT2D eigenvalue weighted by molar-refractivity contribution is 0.205. The van der Waals surface area contributed by atoms with Gasteiger partial charge in [-0.15, -0.1) is 0 Å². The molecular weight excluding hydrogens is 212 g/mol. The summed E-state index contributed by atoms with van der Waals surface area (Å²) in [5.74, 6) is 0. The van der Waals surface area contributed by atoms with Gasteiger partial charge in [0.2, 0.25) is 0 Å². The first-order valence-electron chi connectivity index (χ1n) is 6.30. The van der Waals surface area contributed by atoms with Gasteiger partial charge in [-0.1, -0.05) is 19.9 Å². The molecule has 2 N–H and O–H groups in total. The topological polar surface area (TPSA) is 45.1 Å². The number of nitrogens with zero attached hydrogens (tertiary/aromatic N) is 1. The molecule has 3 nitrogen and oxygen atoms in total. The fraction of sp³-hybridized carbons (Fsp3) is 0.643. The Morgan fingerprint density at radius 2 is 2.24 bits per heavy atom. The van der Waals surface area contributed by atoms with E-state index in [9.17, 15) is 5.11 Å². The molecule has 0 aromatic carbocycles. The molecule has 0 atom stereocenters. The zero-order valence-electron chi connectivity index (χ0n) is 10.7. The maximum Gasteiger partial charge on any atom is 0.0499 e. The standard InChI is InChI=1S/C14H22N2O/c1-13(2,12-4-3-7-15-8-12)9-16-10-14(11-17)5-6-14/h3-4,7-8,16-17H,5-6,9-11H2,1-2H3. The third-order valence-electron chi connectivity index (χ3n) is 3.80. The van der Waals surface area contributed by atoms with Gasteiger partial charge in [-0.3, -0.25) is 4.98 Å². The lowest BCUT2D eigenvalue weighted by Gasteiger charge is -2.26. The van der Waals surface area contributed by atoms with Gasteiger partial charge in [0.25, 0.3) is 0 Å². The summed E-state index contributed by atoms with van der Waals surface area (Å²) < 4.78 is 0. The largest absolute Gasteiger partial charge is 0.396 e. The SMILES string of the molecule is CC(C)(CNCC1(CO)CC1)c1cccnc1. The summed E-state index contributed by atoms with van der Waals surface area (Å²) in [4.78, 5) is 4.17. The Hall–Kier alpha value is -0.930. The number of pyridine rings is 1. The second-order valence-corrected chi connectivity index (χ2v) is 5.89. The molecule has 94 valence electrons. The fourth-order valence-corrected chi connectivity index (χ4v) is 2.07. The molecule has 0 amide bonds. The highest BCUT2D eigenvalue weighted by molar-refractivity contribution is 5.20. The summed E-state index contributed by atoms with van der Waals surface area (Å²) >= 11 is 0. The number of aromatic nitrogens is 1. The summed E-state index contributed by atoms with van der Waals surface area (Å²) in [5.41, 5.74) is 1.52. The van der Waals surface area contributed by atoms with Gasteiger partial charge in [-0.05, 0) is 24.5 Å². The van der Waals surface area contributed by atoms with Gasteiger partial charge >= 0.3 is 0 Å². The van der Waals surface area contributed by atoms with Crippen molar-refractivity contribution in [3.63, 3.8) is 0 Å². The molecule has 0 unspecified atom stereocenters. The summed E-state index contributed by atoms with van der Waals surface area (Å²) in [6.07, 6.45) is 6.05. The van der Waals surface area contributed by atoms with Crippen molar-refractivity contribution in [2.24, 2.45) is 5.41 Å². The van der Waals surface area contributed by atoms with Crippen molar-refractivity contribution >= 4 is 0 Å². The van der Waals surface area contributed by atoms with Crippen LogP contribution in [0.4, 0.5) is 0 Å². The predicted molar refractivity (Wildman–Crippen MR) is 68.9 cm³/mol. The van der Waals surface area contributed by atoms with Gasteiger partial charge in [-0.25, -0.2) is 0 Å². The number of aliphatic hydroxyl groups excluding tert-OH is 1. The lowest BCUT2D eigenvalue weighted by atomic mass is 9.85. The average Bonchev–Trinajstić information content (AvgIpc) is 3.11. The molecule has 0 spiro atoms. The first kappa shape index (κ1) is 12.5. The molecule has 1 aliphatic carbocycles. The molecular formula is C14H22N2O. The summed E-state index contributed by atoms with van der Waals surface area (Å²) in [6.45, 7) is 6.59. The van der Waals surface area contributed by atoms with Crippen LogP contribution in [0.3, 0.4) is 0 Å². The van der Waals surface area contributed by atoms with Gasteiger partial charge in [0.1, 0.15) is 0 Å². The second kappa shape index (κ2) is 4.75. The van der Waals surface area contributed by atoms with Gasteiger partial charge in [0, 0.05) is 42.9 Å². The molecule has 1 fully saturated rings. The summed E-state index contributed by atoms with van der Waals surface area (Å²) in [5, 5.41) is 12.7. The number of hydrogen-bond donors (Lipinski definition) is 2. The first-order chi connectivity index (χ1) is 8.08. The average molecular weight is 234 g/mol. The second-order valence-electron chi connectivity index (χ2n) is 5.89. The molecule has 1 saturated carbocycles. The quantitative estimate of drug-likeness (QED) is 0.788. The number of rotatable bonds is 6. The Labute approximate surface area is 103 Å². The molecule has 2 rings (SSSR count). The van der Waals surface area contributed by atoms with E-state index in [1.165, 1.54) is 5.56 Å².